The zero-order valence-corrected chi connectivity index (χ0v) is 11.3. The standard InChI is InChI=1S/C14H16O3S/c1-3-10-6-5-7-12-9-14(18(15,16)17)11(4-2)8-13(10)12/h5-9H,3-4H2,1-2H3,(H,15,16,17). The lowest BCUT2D eigenvalue weighted by molar-refractivity contribution is 0.482. The molecule has 0 aliphatic rings. The summed E-state index contributed by atoms with van der Waals surface area (Å²) >= 11 is 0. The molecule has 18 heavy (non-hydrogen) atoms. The van der Waals surface area contributed by atoms with Crippen molar-refractivity contribution in [2.24, 2.45) is 0 Å². The predicted octanol–water partition coefficient (Wildman–Crippen LogP) is 3.21. The summed E-state index contributed by atoms with van der Waals surface area (Å²) in [5.74, 6) is 0. The summed E-state index contributed by atoms with van der Waals surface area (Å²) in [6, 6.07) is 9.23. The van der Waals surface area contributed by atoms with Gasteiger partial charge >= 0.3 is 0 Å². The van der Waals surface area contributed by atoms with Gasteiger partial charge in [0.15, 0.2) is 0 Å². The Labute approximate surface area is 107 Å². The van der Waals surface area contributed by atoms with E-state index in [-0.39, 0.29) is 4.90 Å². The van der Waals surface area contributed by atoms with Gasteiger partial charge in [0.25, 0.3) is 10.1 Å². The molecule has 96 valence electrons. The number of hydrogen-bond acceptors (Lipinski definition) is 2. The molecule has 0 heterocycles. The largest absolute Gasteiger partial charge is 0.294 e. The average Bonchev–Trinajstić information content (AvgIpc) is 2.35. The van der Waals surface area contributed by atoms with Crippen LogP contribution in [-0.2, 0) is 23.0 Å². The van der Waals surface area contributed by atoms with Crippen LogP contribution in [0.5, 0.6) is 0 Å². The predicted molar refractivity (Wildman–Crippen MR) is 72.5 cm³/mol. The van der Waals surface area contributed by atoms with Gasteiger partial charge < -0.3 is 0 Å². The van der Waals surface area contributed by atoms with Crippen LogP contribution in [0.1, 0.15) is 25.0 Å². The van der Waals surface area contributed by atoms with Crippen molar-refractivity contribution in [2.75, 3.05) is 0 Å². The smallest absolute Gasteiger partial charge is 0.282 e. The monoisotopic (exact) mass is 264 g/mol. The first-order valence-corrected chi connectivity index (χ1v) is 7.43. The maximum atomic E-state index is 11.4. The van der Waals surface area contributed by atoms with Crippen molar-refractivity contribution in [3.05, 3.63) is 41.5 Å². The van der Waals surface area contributed by atoms with Crippen molar-refractivity contribution < 1.29 is 13.0 Å². The van der Waals surface area contributed by atoms with Crippen molar-refractivity contribution in [3.8, 4) is 0 Å². The molecule has 2 rings (SSSR count). The second-order valence-corrected chi connectivity index (χ2v) is 5.67. The molecule has 2 aromatic rings. The van der Waals surface area contributed by atoms with Gasteiger partial charge in [0.1, 0.15) is 0 Å². The van der Waals surface area contributed by atoms with Crippen LogP contribution in [0.4, 0.5) is 0 Å². The molecule has 0 aromatic heterocycles. The van der Waals surface area contributed by atoms with Gasteiger partial charge in [-0.1, -0.05) is 32.0 Å². The SMILES string of the molecule is CCc1cc2c(CC)cccc2cc1S(=O)(=O)O. The van der Waals surface area contributed by atoms with Gasteiger partial charge in [-0.25, -0.2) is 0 Å². The van der Waals surface area contributed by atoms with Gasteiger partial charge in [-0.15, -0.1) is 0 Å². The Morgan fingerprint density at radius 1 is 1.06 bits per heavy atom. The van der Waals surface area contributed by atoms with Gasteiger partial charge in [-0.3, -0.25) is 4.55 Å². The molecule has 2 aromatic carbocycles. The van der Waals surface area contributed by atoms with E-state index >= 15 is 0 Å². The first kappa shape index (κ1) is 13.1. The summed E-state index contributed by atoms with van der Waals surface area (Å²) in [6.07, 6.45) is 1.47. The van der Waals surface area contributed by atoms with Gasteiger partial charge in [-0.2, -0.15) is 8.42 Å². The van der Waals surface area contributed by atoms with Crippen molar-refractivity contribution in [3.63, 3.8) is 0 Å². The molecule has 0 saturated heterocycles. The molecule has 0 fully saturated rings. The molecule has 4 heteroatoms. The van der Waals surface area contributed by atoms with E-state index in [1.54, 1.807) is 6.07 Å². The molecule has 0 aliphatic carbocycles. The van der Waals surface area contributed by atoms with E-state index in [1.807, 2.05) is 31.2 Å². The second kappa shape index (κ2) is 4.71. The van der Waals surface area contributed by atoms with E-state index in [2.05, 4.69) is 6.92 Å². The van der Waals surface area contributed by atoms with Crippen LogP contribution in [0.25, 0.3) is 10.8 Å². The Morgan fingerprint density at radius 3 is 2.28 bits per heavy atom. The zero-order chi connectivity index (χ0) is 13.3. The maximum Gasteiger partial charge on any atom is 0.294 e. The number of rotatable bonds is 3. The van der Waals surface area contributed by atoms with E-state index < -0.39 is 10.1 Å². The fraction of sp³-hybridized carbons (Fsp3) is 0.286. The van der Waals surface area contributed by atoms with E-state index in [0.29, 0.717) is 12.0 Å². The number of aryl methyl sites for hydroxylation is 2. The molecular formula is C14H16O3S. The van der Waals surface area contributed by atoms with Crippen LogP contribution < -0.4 is 0 Å². The Balaban J connectivity index is 2.85. The molecule has 0 radical (unpaired) electrons. The lowest BCUT2D eigenvalue weighted by Gasteiger charge is -2.10. The van der Waals surface area contributed by atoms with Gasteiger partial charge in [0.2, 0.25) is 0 Å². The lowest BCUT2D eigenvalue weighted by Crippen LogP contribution is -2.03. The number of fused-ring (bicyclic) bond motifs is 1. The third kappa shape index (κ3) is 2.26. The van der Waals surface area contributed by atoms with Gasteiger partial charge in [0.05, 0.1) is 4.90 Å². The topological polar surface area (TPSA) is 54.4 Å². The highest BCUT2D eigenvalue weighted by Gasteiger charge is 2.16. The zero-order valence-electron chi connectivity index (χ0n) is 10.5. The van der Waals surface area contributed by atoms with Gasteiger partial charge in [0, 0.05) is 0 Å². The highest BCUT2D eigenvalue weighted by atomic mass is 32.2. The first-order chi connectivity index (χ1) is 8.47. The molecular weight excluding hydrogens is 248 g/mol. The first-order valence-electron chi connectivity index (χ1n) is 5.99. The highest BCUT2D eigenvalue weighted by Crippen LogP contribution is 2.26. The summed E-state index contributed by atoms with van der Waals surface area (Å²) in [4.78, 5) is 0.0192. The van der Waals surface area contributed by atoms with E-state index in [9.17, 15) is 13.0 Å². The Morgan fingerprint density at radius 2 is 1.72 bits per heavy atom. The van der Waals surface area contributed by atoms with Crippen LogP contribution in [0, 0.1) is 0 Å². The molecule has 3 nitrogen and oxygen atoms in total. The highest BCUT2D eigenvalue weighted by molar-refractivity contribution is 7.85. The minimum atomic E-state index is -4.16. The average molecular weight is 264 g/mol. The fourth-order valence-electron chi connectivity index (χ4n) is 2.24. The molecule has 1 N–H and O–H groups in total. The molecule has 0 bridgehead atoms. The molecule has 0 atom stereocenters. The molecule has 0 spiro atoms. The minimum absolute atomic E-state index is 0.0192. The summed E-state index contributed by atoms with van der Waals surface area (Å²) in [5, 5.41) is 1.91. The summed E-state index contributed by atoms with van der Waals surface area (Å²) in [6.45, 7) is 3.95. The van der Waals surface area contributed by atoms with Crippen LogP contribution in [0.3, 0.4) is 0 Å². The fourth-order valence-corrected chi connectivity index (χ4v) is 3.05. The van der Waals surface area contributed by atoms with E-state index in [1.165, 1.54) is 5.56 Å². The van der Waals surface area contributed by atoms with Crippen molar-refractivity contribution in [1.82, 2.24) is 0 Å². The third-order valence-corrected chi connectivity index (χ3v) is 4.13. The van der Waals surface area contributed by atoms with E-state index in [0.717, 1.165) is 17.2 Å². The van der Waals surface area contributed by atoms with Crippen molar-refractivity contribution in [2.45, 2.75) is 31.6 Å². The van der Waals surface area contributed by atoms with Crippen LogP contribution in [0.15, 0.2) is 35.2 Å². The minimum Gasteiger partial charge on any atom is -0.282 e. The van der Waals surface area contributed by atoms with Crippen molar-refractivity contribution in [1.29, 1.82) is 0 Å². The molecule has 0 amide bonds. The van der Waals surface area contributed by atoms with Crippen LogP contribution >= 0.6 is 0 Å². The van der Waals surface area contributed by atoms with Gasteiger partial charge in [-0.05, 0) is 46.9 Å². The summed E-state index contributed by atoms with van der Waals surface area (Å²) in [7, 11) is -4.16. The number of hydrogen-bond donors (Lipinski definition) is 1. The molecule has 0 saturated carbocycles. The Kier molecular flexibility index (Phi) is 3.41. The lowest BCUT2D eigenvalue weighted by atomic mass is 9.99. The summed E-state index contributed by atoms with van der Waals surface area (Å²) in [5.41, 5.74) is 1.84. The second-order valence-electron chi connectivity index (χ2n) is 4.28. The number of benzene rings is 2. The van der Waals surface area contributed by atoms with Crippen LogP contribution in [-0.4, -0.2) is 13.0 Å². The molecule has 0 unspecified atom stereocenters. The quantitative estimate of drug-likeness (QED) is 0.866. The Bertz CT molecular complexity index is 687. The van der Waals surface area contributed by atoms with Crippen molar-refractivity contribution >= 4 is 20.9 Å². The Hall–Kier alpha value is -1.39. The summed E-state index contributed by atoms with van der Waals surface area (Å²) < 4.78 is 32.0. The van der Waals surface area contributed by atoms with E-state index in [4.69, 9.17) is 0 Å². The normalized spacial score (nSPS) is 11.9. The third-order valence-electron chi connectivity index (χ3n) is 3.19. The van der Waals surface area contributed by atoms with Crippen LogP contribution in [0.2, 0.25) is 0 Å². The molecule has 0 aliphatic heterocycles. The maximum absolute atomic E-state index is 11.4.